The van der Waals surface area contributed by atoms with E-state index in [1.807, 2.05) is 39.2 Å². The molecule has 6 heteroatoms. The summed E-state index contributed by atoms with van der Waals surface area (Å²) in [5, 5.41) is 9.97. The Morgan fingerprint density at radius 3 is 2.57 bits per heavy atom. The average Bonchev–Trinajstić information content (AvgIpc) is 2.90. The molecule has 1 aromatic carbocycles. The summed E-state index contributed by atoms with van der Waals surface area (Å²) in [7, 11) is 3.58. The lowest BCUT2D eigenvalue weighted by atomic mass is 10.1. The maximum absolute atomic E-state index is 12.2. The zero-order valence-electron chi connectivity index (χ0n) is 14.1. The topological polar surface area (TPSA) is 68.2 Å². The van der Waals surface area contributed by atoms with Crippen molar-refractivity contribution in [2.75, 3.05) is 20.2 Å². The molecule has 0 aliphatic heterocycles. The Morgan fingerprint density at radius 2 is 2.00 bits per heavy atom. The van der Waals surface area contributed by atoms with Crippen molar-refractivity contribution in [2.45, 2.75) is 19.9 Å². The minimum atomic E-state index is -0.412. The summed E-state index contributed by atoms with van der Waals surface area (Å²) in [6.07, 6.45) is 3.51. The molecule has 1 atom stereocenters. The van der Waals surface area contributed by atoms with E-state index in [1.54, 1.807) is 17.9 Å². The molecule has 0 bridgehead atoms. The largest absolute Gasteiger partial charge is 0.492 e. The Labute approximate surface area is 136 Å². The molecular weight excluding hydrogens is 292 g/mol. The van der Waals surface area contributed by atoms with Gasteiger partial charge in [-0.2, -0.15) is 5.10 Å². The van der Waals surface area contributed by atoms with Crippen molar-refractivity contribution in [3.8, 4) is 5.75 Å². The third kappa shape index (κ3) is 4.82. The first kappa shape index (κ1) is 17.0. The molecule has 0 aliphatic rings. The lowest BCUT2D eigenvalue weighted by Gasteiger charge is -2.15. The molecule has 1 unspecified atom stereocenters. The number of ether oxygens (including phenoxy) is 1. The lowest BCUT2D eigenvalue weighted by Crippen LogP contribution is -2.37. The van der Waals surface area contributed by atoms with Gasteiger partial charge in [-0.25, -0.2) is 0 Å². The van der Waals surface area contributed by atoms with Crippen LogP contribution in [-0.2, 0) is 11.8 Å². The van der Waals surface area contributed by atoms with E-state index in [0.29, 0.717) is 13.2 Å². The number of aryl methyl sites for hydroxylation is 3. The quantitative estimate of drug-likeness (QED) is 0.760. The first-order valence-electron chi connectivity index (χ1n) is 7.64. The van der Waals surface area contributed by atoms with Crippen LogP contribution in [0, 0.1) is 13.8 Å². The number of rotatable bonds is 7. The Bertz CT molecular complexity index is 646. The van der Waals surface area contributed by atoms with Crippen molar-refractivity contribution in [3.63, 3.8) is 0 Å². The number of hydrogen-bond donors (Lipinski definition) is 2. The van der Waals surface area contributed by atoms with Gasteiger partial charge in [-0.3, -0.25) is 9.48 Å². The number of aromatic nitrogens is 2. The highest BCUT2D eigenvalue weighted by molar-refractivity contribution is 5.82. The highest BCUT2D eigenvalue weighted by Crippen LogP contribution is 2.16. The normalized spacial score (nSPS) is 12.0. The minimum Gasteiger partial charge on any atom is -0.492 e. The number of amides is 1. The molecule has 1 amide bonds. The SMILES string of the molecule is CNC(C(=O)NCCOc1cc(C)cc(C)c1)c1cnn(C)c1. The van der Waals surface area contributed by atoms with Crippen LogP contribution < -0.4 is 15.4 Å². The smallest absolute Gasteiger partial charge is 0.241 e. The van der Waals surface area contributed by atoms with E-state index in [2.05, 4.69) is 21.8 Å². The molecule has 1 aromatic heterocycles. The van der Waals surface area contributed by atoms with Gasteiger partial charge in [-0.15, -0.1) is 0 Å². The van der Waals surface area contributed by atoms with Gasteiger partial charge in [0.05, 0.1) is 12.7 Å². The van der Waals surface area contributed by atoms with Gasteiger partial charge in [0.25, 0.3) is 0 Å². The third-order valence-electron chi connectivity index (χ3n) is 3.47. The number of nitrogens with one attached hydrogen (secondary N) is 2. The van der Waals surface area contributed by atoms with Crippen LogP contribution in [0.15, 0.2) is 30.6 Å². The van der Waals surface area contributed by atoms with Crippen molar-refractivity contribution in [3.05, 3.63) is 47.3 Å². The summed E-state index contributed by atoms with van der Waals surface area (Å²) in [6, 6.07) is 5.66. The molecular formula is C17H24N4O2. The number of carbonyl (C=O) groups excluding carboxylic acids is 1. The van der Waals surface area contributed by atoms with Crippen molar-refractivity contribution in [2.24, 2.45) is 7.05 Å². The summed E-state index contributed by atoms with van der Waals surface area (Å²) in [6.45, 7) is 4.95. The fourth-order valence-corrected chi connectivity index (χ4v) is 2.50. The van der Waals surface area contributed by atoms with Crippen molar-refractivity contribution < 1.29 is 9.53 Å². The van der Waals surface area contributed by atoms with E-state index in [9.17, 15) is 4.79 Å². The second kappa shape index (κ2) is 7.78. The van der Waals surface area contributed by atoms with Crippen LogP contribution in [0.3, 0.4) is 0 Å². The zero-order valence-corrected chi connectivity index (χ0v) is 14.1. The van der Waals surface area contributed by atoms with Crippen LogP contribution in [0.1, 0.15) is 22.7 Å². The van der Waals surface area contributed by atoms with Crippen LogP contribution in [0.25, 0.3) is 0 Å². The maximum atomic E-state index is 12.2. The molecule has 2 aromatic rings. The number of benzene rings is 1. The van der Waals surface area contributed by atoms with Crippen LogP contribution >= 0.6 is 0 Å². The number of nitrogens with zero attached hydrogens (tertiary/aromatic N) is 2. The molecule has 124 valence electrons. The Balaban J connectivity index is 1.82. The summed E-state index contributed by atoms with van der Waals surface area (Å²) in [5.41, 5.74) is 3.16. The summed E-state index contributed by atoms with van der Waals surface area (Å²) in [5.74, 6) is 0.735. The van der Waals surface area contributed by atoms with E-state index in [1.165, 1.54) is 0 Å². The van der Waals surface area contributed by atoms with Gasteiger partial charge < -0.3 is 15.4 Å². The molecule has 0 aliphatic carbocycles. The summed E-state index contributed by atoms with van der Waals surface area (Å²) >= 11 is 0. The van der Waals surface area contributed by atoms with Gasteiger partial charge in [-0.1, -0.05) is 6.07 Å². The van der Waals surface area contributed by atoms with E-state index in [-0.39, 0.29) is 5.91 Å². The van der Waals surface area contributed by atoms with Crippen LogP contribution in [-0.4, -0.2) is 35.9 Å². The minimum absolute atomic E-state index is 0.0930. The molecule has 0 fully saturated rings. The predicted molar refractivity (Wildman–Crippen MR) is 89.4 cm³/mol. The predicted octanol–water partition coefficient (Wildman–Crippen LogP) is 1.49. The molecule has 1 heterocycles. The van der Waals surface area contributed by atoms with Crippen molar-refractivity contribution in [1.29, 1.82) is 0 Å². The molecule has 2 N–H and O–H groups in total. The fourth-order valence-electron chi connectivity index (χ4n) is 2.50. The number of carbonyl (C=O) groups is 1. The zero-order chi connectivity index (χ0) is 16.8. The monoisotopic (exact) mass is 316 g/mol. The van der Waals surface area contributed by atoms with Crippen LogP contribution in [0.5, 0.6) is 5.75 Å². The molecule has 2 rings (SSSR count). The third-order valence-corrected chi connectivity index (χ3v) is 3.47. The van der Waals surface area contributed by atoms with E-state index in [4.69, 9.17) is 4.74 Å². The van der Waals surface area contributed by atoms with E-state index >= 15 is 0 Å². The van der Waals surface area contributed by atoms with Gasteiger partial charge in [-0.05, 0) is 44.2 Å². The maximum Gasteiger partial charge on any atom is 0.241 e. The molecule has 0 saturated heterocycles. The number of hydrogen-bond acceptors (Lipinski definition) is 4. The molecule has 0 saturated carbocycles. The number of likely N-dealkylation sites (N-methyl/N-ethyl adjacent to an activating group) is 1. The second-order valence-corrected chi connectivity index (χ2v) is 5.63. The Hall–Kier alpha value is -2.34. The molecule has 0 spiro atoms. The molecule has 6 nitrogen and oxygen atoms in total. The first-order valence-corrected chi connectivity index (χ1v) is 7.64. The van der Waals surface area contributed by atoms with Gasteiger partial charge in [0.1, 0.15) is 18.4 Å². The second-order valence-electron chi connectivity index (χ2n) is 5.63. The highest BCUT2D eigenvalue weighted by atomic mass is 16.5. The summed E-state index contributed by atoms with van der Waals surface area (Å²) < 4.78 is 7.37. The van der Waals surface area contributed by atoms with E-state index in [0.717, 1.165) is 22.4 Å². The van der Waals surface area contributed by atoms with Crippen LogP contribution in [0.4, 0.5) is 0 Å². The van der Waals surface area contributed by atoms with Gasteiger partial charge in [0.2, 0.25) is 5.91 Å². The molecule has 0 radical (unpaired) electrons. The van der Waals surface area contributed by atoms with Gasteiger partial charge in [0.15, 0.2) is 0 Å². The van der Waals surface area contributed by atoms with E-state index < -0.39 is 6.04 Å². The Morgan fingerprint density at radius 1 is 1.30 bits per heavy atom. The lowest BCUT2D eigenvalue weighted by molar-refractivity contribution is -0.123. The highest BCUT2D eigenvalue weighted by Gasteiger charge is 2.19. The van der Waals surface area contributed by atoms with Gasteiger partial charge >= 0.3 is 0 Å². The fraction of sp³-hybridized carbons (Fsp3) is 0.412. The standard InChI is InChI=1S/C17H24N4O2/c1-12-7-13(2)9-15(8-12)23-6-5-19-17(22)16(18-3)14-10-20-21(4)11-14/h7-11,16,18H,5-6H2,1-4H3,(H,19,22). The molecule has 23 heavy (non-hydrogen) atoms. The average molecular weight is 316 g/mol. The van der Waals surface area contributed by atoms with Crippen LogP contribution in [0.2, 0.25) is 0 Å². The Kier molecular flexibility index (Phi) is 5.76. The first-order chi connectivity index (χ1) is 11.0. The summed E-state index contributed by atoms with van der Waals surface area (Å²) in [4.78, 5) is 12.2. The van der Waals surface area contributed by atoms with Crippen molar-refractivity contribution in [1.82, 2.24) is 20.4 Å². The van der Waals surface area contributed by atoms with Gasteiger partial charge in [0, 0.05) is 18.8 Å². The van der Waals surface area contributed by atoms with Crippen molar-refractivity contribution >= 4 is 5.91 Å².